The number of thiophene rings is 1. The summed E-state index contributed by atoms with van der Waals surface area (Å²) in [6.45, 7) is 2.15. The minimum atomic E-state index is 1.14. The van der Waals surface area contributed by atoms with E-state index in [-0.39, 0.29) is 0 Å². The molecule has 0 aliphatic heterocycles. The molecular weight excluding hydrogens is 316 g/mol. The summed E-state index contributed by atoms with van der Waals surface area (Å²) in [5.74, 6) is 0. The highest BCUT2D eigenvalue weighted by molar-refractivity contribution is 9.10. The summed E-state index contributed by atoms with van der Waals surface area (Å²) in [4.78, 5) is 0. The summed E-state index contributed by atoms with van der Waals surface area (Å²) in [7, 11) is 0. The van der Waals surface area contributed by atoms with Crippen molar-refractivity contribution in [1.29, 1.82) is 0 Å². The van der Waals surface area contributed by atoms with Gasteiger partial charge in [-0.15, -0.1) is 11.3 Å². The lowest BCUT2D eigenvalue weighted by Crippen LogP contribution is -1.74. The van der Waals surface area contributed by atoms with Crippen LogP contribution in [0.15, 0.2) is 53.0 Å². The molecule has 92 valence electrons. The maximum absolute atomic E-state index is 3.58. The van der Waals surface area contributed by atoms with Crippen LogP contribution < -0.4 is 0 Å². The minimum Gasteiger partial charge on any atom is -0.135 e. The number of rotatable bonds is 0. The van der Waals surface area contributed by atoms with Crippen molar-refractivity contribution in [2.24, 2.45) is 0 Å². The van der Waals surface area contributed by atoms with E-state index < -0.39 is 0 Å². The van der Waals surface area contributed by atoms with Crippen LogP contribution >= 0.6 is 27.3 Å². The Balaban J connectivity index is 2.27. The van der Waals surface area contributed by atoms with Crippen molar-refractivity contribution in [3.8, 4) is 0 Å². The topological polar surface area (TPSA) is 0 Å². The number of benzene rings is 3. The van der Waals surface area contributed by atoms with Crippen LogP contribution in [0.3, 0.4) is 0 Å². The van der Waals surface area contributed by atoms with Crippen LogP contribution in [0.25, 0.3) is 30.9 Å². The Kier molecular flexibility index (Phi) is 2.44. The average molecular weight is 327 g/mol. The quantitative estimate of drug-likeness (QED) is 0.357. The fourth-order valence-corrected chi connectivity index (χ4v) is 4.21. The lowest BCUT2D eigenvalue weighted by Gasteiger charge is -2.00. The summed E-state index contributed by atoms with van der Waals surface area (Å²) >= 11 is 5.47. The molecule has 4 aromatic rings. The summed E-state index contributed by atoms with van der Waals surface area (Å²) in [5, 5.41) is 5.39. The molecule has 0 nitrogen and oxygen atoms in total. The molecule has 0 bridgehead atoms. The Morgan fingerprint density at radius 2 is 1.68 bits per heavy atom. The van der Waals surface area contributed by atoms with Gasteiger partial charge in [0.05, 0.1) is 0 Å². The zero-order chi connectivity index (χ0) is 13.0. The summed E-state index contributed by atoms with van der Waals surface area (Å²) in [6, 6.07) is 17.7. The number of aryl methyl sites for hydroxylation is 1. The highest BCUT2D eigenvalue weighted by atomic mass is 79.9. The fourth-order valence-electron chi connectivity index (χ4n) is 2.64. The average Bonchev–Trinajstić information content (AvgIpc) is 2.77. The summed E-state index contributed by atoms with van der Waals surface area (Å²) in [5.41, 5.74) is 1.32. The van der Waals surface area contributed by atoms with Crippen molar-refractivity contribution < 1.29 is 0 Å². The molecule has 1 heterocycles. The molecule has 1 aromatic heterocycles. The fraction of sp³-hybridized carbons (Fsp3) is 0.0588. The molecule has 0 atom stereocenters. The highest BCUT2D eigenvalue weighted by Crippen LogP contribution is 2.39. The Morgan fingerprint density at radius 3 is 2.58 bits per heavy atom. The Hall–Kier alpha value is -1.38. The Labute approximate surface area is 123 Å². The first-order valence-corrected chi connectivity index (χ1v) is 7.84. The number of fused-ring (bicyclic) bond motifs is 5. The molecule has 3 aromatic carbocycles. The van der Waals surface area contributed by atoms with Crippen molar-refractivity contribution in [2.45, 2.75) is 6.92 Å². The van der Waals surface area contributed by atoms with Crippen LogP contribution in [0.5, 0.6) is 0 Å². The maximum Gasteiger partial charge on any atom is 0.0434 e. The summed E-state index contributed by atoms with van der Waals surface area (Å²) in [6.07, 6.45) is 0. The van der Waals surface area contributed by atoms with Gasteiger partial charge in [0.15, 0.2) is 0 Å². The van der Waals surface area contributed by atoms with Crippen LogP contribution in [0.4, 0.5) is 0 Å². The Morgan fingerprint density at radius 1 is 0.842 bits per heavy atom. The van der Waals surface area contributed by atoms with Crippen molar-refractivity contribution in [3.63, 3.8) is 0 Å². The molecular formula is C17H11BrS. The number of hydrogen-bond acceptors (Lipinski definition) is 1. The normalized spacial score (nSPS) is 11.7. The van der Waals surface area contributed by atoms with E-state index in [1.807, 2.05) is 11.3 Å². The zero-order valence-electron chi connectivity index (χ0n) is 10.4. The molecule has 0 spiro atoms. The molecule has 0 aliphatic rings. The third-order valence-electron chi connectivity index (χ3n) is 3.57. The van der Waals surface area contributed by atoms with Crippen molar-refractivity contribution >= 4 is 58.2 Å². The smallest absolute Gasteiger partial charge is 0.0434 e. The predicted octanol–water partition coefficient (Wildman–Crippen LogP) is 6.28. The molecule has 0 unspecified atom stereocenters. The largest absolute Gasteiger partial charge is 0.135 e. The standard InChI is InChI=1S/C17H11BrS/c1-10-2-7-16-15(8-10)13-6-4-11-3-5-12(18)9-14(11)17(13)19-16/h2-9H,1H3. The van der Waals surface area contributed by atoms with E-state index in [2.05, 4.69) is 71.4 Å². The van der Waals surface area contributed by atoms with Gasteiger partial charge in [-0.1, -0.05) is 45.8 Å². The van der Waals surface area contributed by atoms with E-state index in [0.717, 1.165) is 4.47 Å². The van der Waals surface area contributed by atoms with E-state index >= 15 is 0 Å². The molecule has 0 saturated carbocycles. The third-order valence-corrected chi connectivity index (χ3v) is 5.28. The van der Waals surface area contributed by atoms with Gasteiger partial charge in [-0.3, -0.25) is 0 Å². The second-order valence-corrected chi connectivity index (χ2v) is 6.88. The SMILES string of the molecule is Cc1ccc2sc3c4cc(Br)ccc4ccc3c2c1. The second kappa shape index (κ2) is 4.06. The lowest BCUT2D eigenvalue weighted by atomic mass is 10.1. The van der Waals surface area contributed by atoms with E-state index in [4.69, 9.17) is 0 Å². The molecule has 0 aliphatic carbocycles. The monoisotopic (exact) mass is 326 g/mol. The maximum atomic E-state index is 3.58. The van der Waals surface area contributed by atoms with Gasteiger partial charge in [0.25, 0.3) is 0 Å². The van der Waals surface area contributed by atoms with Gasteiger partial charge < -0.3 is 0 Å². The van der Waals surface area contributed by atoms with Crippen LogP contribution in [0.2, 0.25) is 0 Å². The van der Waals surface area contributed by atoms with E-state index in [9.17, 15) is 0 Å². The first kappa shape index (κ1) is 11.4. The van der Waals surface area contributed by atoms with Crippen molar-refractivity contribution in [2.75, 3.05) is 0 Å². The molecule has 4 rings (SSSR count). The second-order valence-electron chi connectivity index (χ2n) is 4.91. The van der Waals surface area contributed by atoms with E-state index in [1.165, 1.54) is 36.5 Å². The van der Waals surface area contributed by atoms with Crippen molar-refractivity contribution in [3.05, 3.63) is 58.6 Å². The van der Waals surface area contributed by atoms with Gasteiger partial charge in [0, 0.05) is 30.0 Å². The molecule has 0 amide bonds. The molecule has 19 heavy (non-hydrogen) atoms. The van der Waals surface area contributed by atoms with Crippen LogP contribution in [0.1, 0.15) is 5.56 Å². The van der Waals surface area contributed by atoms with Gasteiger partial charge in [0.2, 0.25) is 0 Å². The van der Waals surface area contributed by atoms with Gasteiger partial charge >= 0.3 is 0 Å². The van der Waals surface area contributed by atoms with Crippen LogP contribution in [-0.4, -0.2) is 0 Å². The molecule has 2 heteroatoms. The van der Waals surface area contributed by atoms with Gasteiger partial charge in [-0.25, -0.2) is 0 Å². The summed E-state index contributed by atoms with van der Waals surface area (Å²) < 4.78 is 3.90. The number of hydrogen-bond donors (Lipinski definition) is 0. The predicted molar refractivity (Wildman–Crippen MR) is 89.3 cm³/mol. The Bertz CT molecular complexity index is 934. The molecule has 0 radical (unpaired) electrons. The van der Waals surface area contributed by atoms with Crippen LogP contribution in [0, 0.1) is 6.92 Å². The molecule has 0 fully saturated rings. The van der Waals surface area contributed by atoms with E-state index in [1.54, 1.807) is 0 Å². The number of halogens is 1. The van der Waals surface area contributed by atoms with Gasteiger partial charge in [-0.05, 0) is 36.6 Å². The molecule has 0 N–H and O–H groups in total. The lowest BCUT2D eigenvalue weighted by molar-refractivity contribution is 1.52. The van der Waals surface area contributed by atoms with Gasteiger partial charge in [-0.2, -0.15) is 0 Å². The first-order chi connectivity index (χ1) is 9.22. The van der Waals surface area contributed by atoms with Crippen molar-refractivity contribution in [1.82, 2.24) is 0 Å². The highest BCUT2D eigenvalue weighted by Gasteiger charge is 2.08. The zero-order valence-corrected chi connectivity index (χ0v) is 12.8. The van der Waals surface area contributed by atoms with Crippen LogP contribution in [-0.2, 0) is 0 Å². The van der Waals surface area contributed by atoms with E-state index in [0.29, 0.717) is 0 Å². The first-order valence-electron chi connectivity index (χ1n) is 6.23. The molecule has 0 saturated heterocycles. The minimum absolute atomic E-state index is 1.14. The third kappa shape index (κ3) is 1.71. The van der Waals surface area contributed by atoms with Gasteiger partial charge in [0.1, 0.15) is 0 Å².